The SMILES string of the molecule is Nc1cccc(Br)c1C[C@H](N)C(=O)O. The Hall–Kier alpha value is -1.07. The van der Waals surface area contributed by atoms with E-state index < -0.39 is 12.0 Å². The van der Waals surface area contributed by atoms with Gasteiger partial charge < -0.3 is 16.6 Å². The van der Waals surface area contributed by atoms with Crippen molar-refractivity contribution < 1.29 is 9.90 Å². The summed E-state index contributed by atoms with van der Waals surface area (Å²) in [5.41, 5.74) is 12.4. The number of hydrogen-bond donors (Lipinski definition) is 3. The number of carbonyl (C=O) groups is 1. The molecule has 1 aromatic carbocycles. The molecule has 1 aromatic rings. The van der Waals surface area contributed by atoms with Crippen LogP contribution in [0.15, 0.2) is 22.7 Å². The normalized spacial score (nSPS) is 12.4. The maximum Gasteiger partial charge on any atom is 0.320 e. The maximum atomic E-state index is 10.5. The van der Waals surface area contributed by atoms with E-state index in [4.69, 9.17) is 16.6 Å². The smallest absolute Gasteiger partial charge is 0.320 e. The number of halogens is 1. The summed E-state index contributed by atoms with van der Waals surface area (Å²) >= 11 is 3.30. The molecule has 0 unspecified atom stereocenters. The van der Waals surface area contributed by atoms with Crippen LogP contribution >= 0.6 is 15.9 Å². The first-order valence-electron chi connectivity index (χ1n) is 4.03. The van der Waals surface area contributed by atoms with Crippen molar-refractivity contribution in [3.8, 4) is 0 Å². The van der Waals surface area contributed by atoms with Crippen molar-refractivity contribution in [2.75, 3.05) is 5.73 Å². The molecule has 76 valence electrons. The number of anilines is 1. The van der Waals surface area contributed by atoms with Gasteiger partial charge in [0.25, 0.3) is 0 Å². The minimum absolute atomic E-state index is 0.225. The molecule has 0 aliphatic rings. The van der Waals surface area contributed by atoms with Crippen LogP contribution < -0.4 is 11.5 Å². The Morgan fingerprint density at radius 2 is 2.21 bits per heavy atom. The first-order valence-corrected chi connectivity index (χ1v) is 4.83. The van der Waals surface area contributed by atoms with E-state index in [1.165, 1.54) is 0 Å². The number of carboxylic acid groups (broad SMARTS) is 1. The van der Waals surface area contributed by atoms with Crippen LogP contribution in [0.5, 0.6) is 0 Å². The highest BCUT2D eigenvalue weighted by molar-refractivity contribution is 9.10. The zero-order chi connectivity index (χ0) is 10.7. The topological polar surface area (TPSA) is 89.3 Å². The van der Waals surface area contributed by atoms with Crippen LogP contribution in [0.1, 0.15) is 5.56 Å². The van der Waals surface area contributed by atoms with Gasteiger partial charge in [-0.05, 0) is 17.7 Å². The first-order chi connectivity index (χ1) is 6.52. The molecule has 4 nitrogen and oxygen atoms in total. The molecule has 0 fully saturated rings. The van der Waals surface area contributed by atoms with Crippen LogP contribution in [-0.2, 0) is 11.2 Å². The Balaban J connectivity index is 2.91. The summed E-state index contributed by atoms with van der Waals surface area (Å²) in [6.07, 6.45) is 0.225. The number of carboxylic acids is 1. The molecule has 0 radical (unpaired) electrons. The molecule has 0 amide bonds. The Morgan fingerprint density at radius 3 is 2.71 bits per heavy atom. The van der Waals surface area contributed by atoms with Gasteiger partial charge in [-0.25, -0.2) is 0 Å². The standard InChI is InChI=1S/C9H11BrN2O2/c10-6-2-1-3-7(11)5(6)4-8(12)9(13)14/h1-3,8H,4,11-12H2,(H,13,14)/t8-/m0/s1. The second-order valence-corrected chi connectivity index (χ2v) is 3.81. The van der Waals surface area contributed by atoms with E-state index >= 15 is 0 Å². The van der Waals surface area contributed by atoms with Crippen LogP contribution in [0.25, 0.3) is 0 Å². The molecule has 0 aromatic heterocycles. The maximum absolute atomic E-state index is 10.5. The van der Waals surface area contributed by atoms with E-state index in [2.05, 4.69) is 15.9 Å². The number of aliphatic carboxylic acids is 1. The molecular weight excluding hydrogens is 248 g/mol. The van der Waals surface area contributed by atoms with Crippen molar-refractivity contribution in [3.63, 3.8) is 0 Å². The molecule has 0 aliphatic carbocycles. The molecule has 0 saturated carbocycles. The second-order valence-electron chi connectivity index (χ2n) is 2.96. The van der Waals surface area contributed by atoms with Crippen LogP contribution in [-0.4, -0.2) is 17.1 Å². The molecule has 1 rings (SSSR count). The first kappa shape index (κ1) is 11.0. The second kappa shape index (κ2) is 4.43. The molecule has 5 heteroatoms. The number of hydrogen-bond acceptors (Lipinski definition) is 3. The minimum atomic E-state index is -1.03. The summed E-state index contributed by atoms with van der Waals surface area (Å²) in [7, 11) is 0. The summed E-state index contributed by atoms with van der Waals surface area (Å²) in [5, 5.41) is 8.64. The molecule has 0 bridgehead atoms. The van der Waals surface area contributed by atoms with E-state index in [1.807, 2.05) is 0 Å². The molecule has 0 aliphatic heterocycles. The van der Waals surface area contributed by atoms with Gasteiger partial charge in [0.15, 0.2) is 0 Å². The lowest BCUT2D eigenvalue weighted by Gasteiger charge is -2.10. The third kappa shape index (κ3) is 2.46. The third-order valence-corrected chi connectivity index (χ3v) is 2.64. The summed E-state index contributed by atoms with van der Waals surface area (Å²) in [5.74, 6) is -1.03. The van der Waals surface area contributed by atoms with Gasteiger partial charge in [0.2, 0.25) is 0 Å². The van der Waals surface area contributed by atoms with Crippen molar-refractivity contribution >= 4 is 27.6 Å². The zero-order valence-corrected chi connectivity index (χ0v) is 8.99. The van der Waals surface area contributed by atoms with Gasteiger partial charge in [-0.1, -0.05) is 22.0 Å². The number of benzene rings is 1. The summed E-state index contributed by atoms with van der Waals surface area (Å²) in [6, 6.07) is 4.39. The molecule has 14 heavy (non-hydrogen) atoms. The fourth-order valence-electron chi connectivity index (χ4n) is 1.10. The quantitative estimate of drug-likeness (QED) is 0.706. The highest BCUT2D eigenvalue weighted by Crippen LogP contribution is 2.23. The van der Waals surface area contributed by atoms with E-state index in [0.717, 1.165) is 10.0 Å². The number of nitrogen functional groups attached to an aromatic ring is 1. The van der Waals surface area contributed by atoms with Crippen LogP contribution in [0.3, 0.4) is 0 Å². The largest absolute Gasteiger partial charge is 0.480 e. The fraction of sp³-hybridized carbons (Fsp3) is 0.222. The van der Waals surface area contributed by atoms with E-state index in [0.29, 0.717) is 5.69 Å². The lowest BCUT2D eigenvalue weighted by molar-refractivity contribution is -0.138. The molecular formula is C9H11BrN2O2. The van der Waals surface area contributed by atoms with Gasteiger partial charge in [-0.3, -0.25) is 4.79 Å². The average Bonchev–Trinajstić information content (AvgIpc) is 2.11. The van der Waals surface area contributed by atoms with Crippen molar-refractivity contribution in [2.45, 2.75) is 12.5 Å². The summed E-state index contributed by atoms with van der Waals surface area (Å²) in [6.45, 7) is 0. The summed E-state index contributed by atoms with van der Waals surface area (Å²) in [4.78, 5) is 10.5. The van der Waals surface area contributed by atoms with Crippen LogP contribution in [0.4, 0.5) is 5.69 Å². The van der Waals surface area contributed by atoms with Crippen molar-refractivity contribution in [3.05, 3.63) is 28.2 Å². The predicted molar refractivity (Wildman–Crippen MR) is 57.9 cm³/mol. The van der Waals surface area contributed by atoms with Crippen molar-refractivity contribution in [1.29, 1.82) is 0 Å². The van der Waals surface area contributed by atoms with Crippen molar-refractivity contribution in [1.82, 2.24) is 0 Å². The van der Waals surface area contributed by atoms with Gasteiger partial charge in [-0.15, -0.1) is 0 Å². The Bertz CT molecular complexity index is 334. The predicted octanol–water partition coefficient (Wildman–Crippen LogP) is 0.986. The minimum Gasteiger partial charge on any atom is -0.480 e. The summed E-state index contributed by atoms with van der Waals surface area (Å²) < 4.78 is 0.786. The van der Waals surface area contributed by atoms with Crippen LogP contribution in [0, 0.1) is 0 Å². The van der Waals surface area contributed by atoms with Gasteiger partial charge in [0.1, 0.15) is 6.04 Å². The number of nitrogens with two attached hydrogens (primary N) is 2. The van der Waals surface area contributed by atoms with E-state index in [9.17, 15) is 4.79 Å². The molecule has 1 atom stereocenters. The highest BCUT2D eigenvalue weighted by atomic mass is 79.9. The molecule has 0 saturated heterocycles. The Morgan fingerprint density at radius 1 is 1.57 bits per heavy atom. The Labute approximate surface area is 90.0 Å². The van der Waals surface area contributed by atoms with Gasteiger partial charge in [-0.2, -0.15) is 0 Å². The lowest BCUT2D eigenvalue weighted by Crippen LogP contribution is -2.32. The molecule has 0 spiro atoms. The van der Waals surface area contributed by atoms with Gasteiger partial charge >= 0.3 is 5.97 Å². The van der Waals surface area contributed by atoms with E-state index in [-0.39, 0.29) is 6.42 Å². The van der Waals surface area contributed by atoms with Crippen LogP contribution in [0.2, 0.25) is 0 Å². The van der Waals surface area contributed by atoms with Crippen molar-refractivity contribution in [2.24, 2.45) is 5.73 Å². The molecule has 5 N–H and O–H groups in total. The van der Waals surface area contributed by atoms with E-state index in [1.54, 1.807) is 18.2 Å². The fourth-order valence-corrected chi connectivity index (χ4v) is 1.64. The Kier molecular flexibility index (Phi) is 3.49. The van der Waals surface area contributed by atoms with Gasteiger partial charge in [0, 0.05) is 16.6 Å². The monoisotopic (exact) mass is 258 g/mol. The zero-order valence-electron chi connectivity index (χ0n) is 7.40. The number of rotatable bonds is 3. The average molecular weight is 259 g/mol. The lowest BCUT2D eigenvalue weighted by atomic mass is 10.1. The van der Waals surface area contributed by atoms with Gasteiger partial charge in [0.05, 0.1) is 0 Å². The molecule has 0 heterocycles. The third-order valence-electron chi connectivity index (χ3n) is 1.90. The highest BCUT2D eigenvalue weighted by Gasteiger charge is 2.15.